The molecule has 0 fully saturated rings. The third-order valence-corrected chi connectivity index (χ3v) is 3.89. The van der Waals surface area contributed by atoms with Crippen molar-refractivity contribution in [1.29, 1.82) is 0 Å². The lowest BCUT2D eigenvalue weighted by molar-refractivity contribution is 0.196. The lowest BCUT2D eigenvalue weighted by Crippen LogP contribution is -2.41. The van der Waals surface area contributed by atoms with Gasteiger partial charge in [-0.15, -0.1) is 0 Å². The van der Waals surface area contributed by atoms with Crippen molar-refractivity contribution in [1.82, 2.24) is 4.98 Å². The summed E-state index contributed by atoms with van der Waals surface area (Å²) in [4.78, 5) is 4.12. The molecule has 0 bridgehead atoms. The third kappa shape index (κ3) is 3.23. The molecule has 3 nitrogen and oxygen atoms in total. The van der Waals surface area contributed by atoms with Crippen LogP contribution in [0.15, 0.2) is 47.2 Å². The Morgan fingerprint density at radius 1 is 1.25 bits per heavy atom. The summed E-state index contributed by atoms with van der Waals surface area (Å²) >= 11 is 3.37. The predicted octanol–water partition coefficient (Wildman–Crippen LogP) is 2.41. The number of aliphatic hydroxyl groups is 1. The molecular formula is C15H16BrFN2O. The van der Waals surface area contributed by atoms with Crippen LogP contribution in [-0.4, -0.2) is 23.2 Å². The van der Waals surface area contributed by atoms with E-state index in [0.717, 1.165) is 15.6 Å². The minimum Gasteiger partial charge on any atom is -0.395 e. The summed E-state index contributed by atoms with van der Waals surface area (Å²) in [6, 6.07) is 8.05. The van der Waals surface area contributed by atoms with Gasteiger partial charge in [0.25, 0.3) is 0 Å². The Morgan fingerprint density at radius 2 is 1.95 bits per heavy atom. The van der Waals surface area contributed by atoms with Crippen LogP contribution in [0.5, 0.6) is 0 Å². The second kappa shape index (κ2) is 6.43. The highest BCUT2D eigenvalue weighted by Crippen LogP contribution is 2.28. The summed E-state index contributed by atoms with van der Waals surface area (Å²) in [7, 11) is 0. The van der Waals surface area contributed by atoms with Crippen LogP contribution in [0, 0.1) is 5.82 Å². The summed E-state index contributed by atoms with van der Waals surface area (Å²) in [5, 5.41) is 9.82. The number of nitrogens with zero attached hydrogens (tertiary/aromatic N) is 1. The molecule has 0 aliphatic heterocycles. The molecule has 2 aromatic rings. The van der Waals surface area contributed by atoms with Crippen molar-refractivity contribution < 1.29 is 9.50 Å². The van der Waals surface area contributed by atoms with Crippen molar-refractivity contribution in [2.45, 2.75) is 11.8 Å². The molecule has 0 saturated heterocycles. The molecule has 0 radical (unpaired) electrons. The zero-order valence-corrected chi connectivity index (χ0v) is 12.5. The zero-order valence-electron chi connectivity index (χ0n) is 10.9. The first kappa shape index (κ1) is 15.1. The van der Waals surface area contributed by atoms with Gasteiger partial charge in [0.2, 0.25) is 0 Å². The summed E-state index contributed by atoms with van der Waals surface area (Å²) < 4.78 is 13.9. The molecule has 0 amide bonds. The van der Waals surface area contributed by atoms with E-state index >= 15 is 0 Å². The van der Waals surface area contributed by atoms with Crippen molar-refractivity contribution in [3.05, 3.63) is 64.1 Å². The molecular weight excluding hydrogens is 323 g/mol. The molecule has 20 heavy (non-hydrogen) atoms. The molecule has 0 spiro atoms. The fraction of sp³-hybridized carbons (Fsp3) is 0.267. The van der Waals surface area contributed by atoms with E-state index in [-0.39, 0.29) is 19.0 Å². The second-order valence-corrected chi connectivity index (χ2v) is 5.75. The number of halogens is 2. The normalized spacial score (nSPS) is 14.0. The van der Waals surface area contributed by atoms with Crippen molar-refractivity contribution in [2.75, 3.05) is 13.2 Å². The number of hydrogen-bond donors (Lipinski definition) is 2. The molecule has 0 saturated carbocycles. The van der Waals surface area contributed by atoms with Gasteiger partial charge >= 0.3 is 0 Å². The molecule has 1 atom stereocenters. The van der Waals surface area contributed by atoms with E-state index in [1.54, 1.807) is 24.5 Å². The fourth-order valence-electron chi connectivity index (χ4n) is 2.25. The Bertz CT molecular complexity index is 570. The highest BCUT2D eigenvalue weighted by atomic mass is 79.9. The first-order chi connectivity index (χ1) is 9.59. The van der Waals surface area contributed by atoms with Gasteiger partial charge in [0.05, 0.1) is 6.61 Å². The third-order valence-electron chi connectivity index (χ3n) is 3.45. The van der Waals surface area contributed by atoms with E-state index in [2.05, 4.69) is 20.9 Å². The summed E-state index contributed by atoms with van der Waals surface area (Å²) in [6.07, 6.45) is 3.98. The van der Waals surface area contributed by atoms with Crippen molar-refractivity contribution in [3.8, 4) is 0 Å². The zero-order chi connectivity index (χ0) is 14.6. The molecule has 1 unspecified atom stereocenters. The Hall–Kier alpha value is -1.30. The molecule has 0 aliphatic rings. The van der Waals surface area contributed by atoms with Crippen LogP contribution in [0.4, 0.5) is 4.39 Å². The minimum atomic E-state index is -0.629. The van der Waals surface area contributed by atoms with Crippen molar-refractivity contribution in [3.63, 3.8) is 0 Å². The van der Waals surface area contributed by atoms with Gasteiger partial charge in [-0.3, -0.25) is 4.98 Å². The van der Waals surface area contributed by atoms with E-state index in [1.165, 1.54) is 12.1 Å². The quantitative estimate of drug-likeness (QED) is 0.880. The Labute approximate surface area is 125 Å². The molecule has 0 aliphatic carbocycles. The van der Waals surface area contributed by atoms with Gasteiger partial charge in [0.15, 0.2) is 0 Å². The van der Waals surface area contributed by atoms with Gasteiger partial charge in [-0.25, -0.2) is 4.39 Å². The van der Waals surface area contributed by atoms with Gasteiger partial charge in [0, 0.05) is 28.8 Å². The van der Waals surface area contributed by atoms with Crippen molar-refractivity contribution in [2.24, 2.45) is 5.73 Å². The first-order valence-corrected chi connectivity index (χ1v) is 7.05. The van der Waals surface area contributed by atoms with Gasteiger partial charge in [0.1, 0.15) is 5.82 Å². The monoisotopic (exact) mass is 338 g/mol. The summed E-state index contributed by atoms with van der Waals surface area (Å²) in [6.45, 7) is 0.156. The maximum absolute atomic E-state index is 13.1. The van der Waals surface area contributed by atoms with E-state index in [0.29, 0.717) is 6.42 Å². The van der Waals surface area contributed by atoms with Gasteiger partial charge in [-0.1, -0.05) is 12.1 Å². The Balaban J connectivity index is 2.36. The second-order valence-electron chi connectivity index (χ2n) is 4.84. The number of benzene rings is 1. The van der Waals surface area contributed by atoms with Gasteiger partial charge < -0.3 is 10.8 Å². The van der Waals surface area contributed by atoms with Gasteiger partial charge in [-0.2, -0.15) is 0 Å². The van der Waals surface area contributed by atoms with E-state index in [1.807, 2.05) is 6.07 Å². The lowest BCUT2D eigenvalue weighted by Gasteiger charge is -2.31. The standard InChI is InChI=1S/C15H16BrFN2O/c16-13-5-11(7-19-8-13)6-15(9-18,10-20)12-1-3-14(17)4-2-12/h1-5,7-8,20H,6,9-10,18H2. The maximum atomic E-state index is 13.1. The maximum Gasteiger partial charge on any atom is 0.123 e. The van der Waals surface area contributed by atoms with E-state index in [9.17, 15) is 9.50 Å². The summed E-state index contributed by atoms with van der Waals surface area (Å²) in [5.41, 5.74) is 7.04. The summed E-state index contributed by atoms with van der Waals surface area (Å²) in [5.74, 6) is -0.304. The number of aromatic nitrogens is 1. The van der Waals surface area contributed by atoms with Crippen LogP contribution in [0.25, 0.3) is 0 Å². The average Bonchev–Trinajstić information content (AvgIpc) is 2.46. The average molecular weight is 339 g/mol. The molecule has 5 heteroatoms. The van der Waals surface area contributed by atoms with Crippen LogP contribution in [-0.2, 0) is 11.8 Å². The van der Waals surface area contributed by atoms with Crippen LogP contribution in [0.1, 0.15) is 11.1 Å². The topological polar surface area (TPSA) is 59.1 Å². The highest BCUT2D eigenvalue weighted by molar-refractivity contribution is 9.10. The molecule has 1 aromatic heterocycles. The van der Waals surface area contributed by atoms with Crippen molar-refractivity contribution >= 4 is 15.9 Å². The lowest BCUT2D eigenvalue weighted by atomic mass is 9.76. The van der Waals surface area contributed by atoms with Gasteiger partial charge in [-0.05, 0) is 51.7 Å². The minimum absolute atomic E-state index is 0.109. The fourth-order valence-corrected chi connectivity index (χ4v) is 2.66. The van der Waals surface area contributed by atoms with Crippen LogP contribution < -0.4 is 5.73 Å². The number of pyridine rings is 1. The van der Waals surface area contributed by atoms with Crippen LogP contribution in [0.2, 0.25) is 0 Å². The Kier molecular flexibility index (Phi) is 4.86. The molecule has 1 heterocycles. The number of aliphatic hydroxyl groups excluding tert-OH is 1. The number of hydrogen-bond acceptors (Lipinski definition) is 3. The SMILES string of the molecule is NCC(CO)(Cc1cncc(Br)c1)c1ccc(F)cc1. The first-order valence-electron chi connectivity index (χ1n) is 6.26. The molecule has 2 rings (SSSR count). The van der Waals surface area contributed by atoms with Crippen LogP contribution >= 0.6 is 15.9 Å². The molecule has 106 valence electrons. The smallest absolute Gasteiger partial charge is 0.123 e. The highest BCUT2D eigenvalue weighted by Gasteiger charge is 2.30. The number of nitrogens with two attached hydrogens (primary N) is 1. The molecule has 3 N–H and O–H groups in total. The van der Waals surface area contributed by atoms with Crippen LogP contribution in [0.3, 0.4) is 0 Å². The largest absolute Gasteiger partial charge is 0.395 e. The Morgan fingerprint density at radius 3 is 2.50 bits per heavy atom. The van der Waals surface area contributed by atoms with E-state index < -0.39 is 5.41 Å². The predicted molar refractivity (Wildman–Crippen MR) is 79.9 cm³/mol. The number of rotatable bonds is 5. The molecule has 1 aromatic carbocycles. The van der Waals surface area contributed by atoms with E-state index in [4.69, 9.17) is 5.73 Å².